The second-order valence-electron chi connectivity index (χ2n) is 10.4. The van der Waals surface area contributed by atoms with Crippen LogP contribution in [0.2, 0.25) is 5.02 Å². The molecule has 40 heavy (non-hydrogen) atoms. The molecule has 0 radical (unpaired) electrons. The lowest BCUT2D eigenvalue weighted by Gasteiger charge is -2.33. The number of ether oxygens (including phenoxy) is 3. The monoisotopic (exact) mass is 583 g/mol. The third-order valence-corrected chi connectivity index (χ3v) is 9.11. The van der Waals surface area contributed by atoms with E-state index in [2.05, 4.69) is 14.5 Å². The summed E-state index contributed by atoms with van der Waals surface area (Å²) in [5.41, 5.74) is 1.89. The lowest BCUT2D eigenvalue weighted by atomic mass is 9.88. The van der Waals surface area contributed by atoms with Crippen LogP contribution in [0.25, 0.3) is 10.3 Å². The van der Waals surface area contributed by atoms with E-state index in [0.29, 0.717) is 29.6 Å². The van der Waals surface area contributed by atoms with Gasteiger partial charge in [-0.3, -0.25) is 9.88 Å². The van der Waals surface area contributed by atoms with Crippen LogP contribution in [0.1, 0.15) is 62.9 Å². The fraction of sp³-hybridized carbons (Fsp3) is 0.414. The van der Waals surface area contributed by atoms with Gasteiger partial charge in [0.25, 0.3) is 5.79 Å². The lowest BCUT2D eigenvalue weighted by Crippen LogP contribution is -2.35. The van der Waals surface area contributed by atoms with Crippen LogP contribution in [0.3, 0.4) is 0 Å². The maximum atomic E-state index is 11.5. The number of pyridine rings is 1. The van der Waals surface area contributed by atoms with Crippen LogP contribution in [0.5, 0.6) is 11.5 Å². The number of carboxylic acid groups (broad SMARTS) is 1. The van der Waals surface area contributed by atoms with Gasteiger partial charge < -0.3 is 23.9 Å². The molecule has 2 atom stereocenters. The fourth-order valence-corrected chi connectivity index (χ4v) is 6.67. The van der Waals surface area contributed by atoms with Gasteiger partial charge in [-0.25, -0.2) is 9.78 Å². The van der Waals surface area contributed by atoms with E-state index >= 15 is 0 Å². The molecule has 3 aliphatic heterocycles. The highest BCUT2D eigenvalue weighted by molar-refractivity contribution is 7.20. The average molecular weight is 584 g/mol. The summed E-state index contributed by atoms with van der Waals surface area (Å²) >= 11 is 7.21. The quantitative estimate of drug-likeness (QED) is 0.298. The molecule has 0 saturated carbocycles. The van der Waals surface area contributed by atoms with Crippen LogP contribution in [0, 0.1) is 0 Å². The second-order valence-corrected chi connectivity index (χ2v) is 11.9. The van der Waals surface area contributed by atoms with E-state index in [1.807, 2.05) is 12.1 Å². The van der Waals surface area contributed by atoms with Crippen molar-refractivity contribution >= 4 is 39.3 Å². The molecule has 1 N–H and O–H groups in total. The number of thiophene rings is 1. The molecule has 9 nitrogen and oxygen atoms in total. The van der Waals surface area contributed by atoms with Crippen molar-refractivity contribution in [3.8, 4) is 11.5 Å². The first-order valence-electron chi connectivity index (χ1n) is 14.8. The Labute approximate surface area is 244 Å². The third kappa shape index (κ3) is 4.62. The number of carbonyl (C=O) groups is 1. The Bertz CT molecular complexity index is 1680. The lowest BCUT2D eigenvalue weighted by molar-refractivity contribution is -0.0722. The number of carboxylic acids is 1. The summed E-state index contributed by atoms with van der Waals surface area (Å²) in [5.74, 6) is -1.13. The van der Waals surface area contributed by atoms with E-state index in [1.54, 1.807) is 18.2 Å². The molecule has 6 heterocycles. The van der Waals surface area contributed by atoms with E-state index in [0.717, 1.165) is 60.7 Å². The zero-order valence-electron chi connectivity index (χ0n) is 24.5. The Kier molecular flexibility index (Phi) is 5.64. The number of hydrogen-bond donors (Lipinski definition) is 1. The molecule has 1 aromatic carbocycles. The summed E-state index contributed by atoms with van der Waals surface area (Å²) in [5, 5.41) is 9.85. The number of nitrogens with zero attached hydrogens (tertiary/aromatic N) is 4. The predicted octanol–water partition coefficient (Wildman–Crippen LogP) is 5.66. The number of fused-ring (bicyclic) bond motifs is 2. The molecule has 3 aromatic heterocycles. The van der Waals surface area contributed by atoms with E-state index in [-0.39, 0.29) is 22.6 Å². The maximum Gasteiger partial charge on any atom is 0.346 e. The molecule has 4 aromatic rings. The Morgan fingerprint density at radius 1 is 1.25 bits per heavy atom. The molecule has 11 heteroatoms. The van der Waals surface area contributed by atoms with Crippen molar-refractivity contribution in [2.75, 3.05) is 19.7 Å². The number of rotatable bonds is 7. The molecule has 0 amide bonds. The molecule has 7 rings (SSSR count). The first kappa shape index (κ1) is 22.5. The van der Waals surface area contributed by atoms with Crippen molar-refractivity contribution in [2.45, 2.75) is 57.0 Å². The highest BCUT2D eigenvalue weighted by Gasteiger charge is 2.42. The van der Waals surface area contributed by atoms with Gasteiger partial charge in [0.15, 0.2) is 11.5 Å². The second kappa shape index (κ2) is 10.0. The molecular weight excluding hydrogens is 552 g/mol. The van der Waals surface area contributed by atoms with E-state index in [9.17, 15) is 9.90 Å². The van der Waals surface area contributed by atoms with Gasteiger partial charge in [-0.1, -0.05) is 23.7 Å². The Morgan fingerprint density at radius 2 is 2.10 bits per heavy atom. The minimum absolute atomic E-state index is 0.113. The largest absolute Gasteiger partial charge is 0.477 e. The van der Waals surface area contributed by atoms with Crippen LogP contribution in [0.15, 0.2) is 42.6 Å². The van der Waals surface area contributed by atoms with E-state index in [1.165, 1.54) is 23.6 Å². The number of piperidine rings is 1. The highest BCUT2D eigenvalue weighted by Crippen LogP contribution is 2.49. The molecule has 0 spiro atoms. The molecule has 3 aliphatic rings. The number of aromatic nitrogens is 3. The minimum atomic E-state index is -2.65. The van der Waals surface area contributed by atoms with Gasteiger partial charge >= 0.3 is 5.97 Å². The van der Waals surface area contributed by atoms with Gasteiger partial charge in [0.2, 0.25) is 0 Å². The number of para-hydroxylation sites is 1. The number of hydrogen-bond acceptors (Lipinski definition) is 8. The molecule has 208 valence electrons. The number of likely N-dealkylation sites (tertiary alicyclic amines) is 1. The summed E-state index contributed by atoms with van der Waals surface area (Å²) < 4.78 is 45.0. The predicted molar refractivity (Wildman–Crippen MR) is 150 cm³/mol. The first-order valence-corrected chi connectivity index (χ1v) is 14.5. The molecular formula is C29H29ClN4O5S. The summed E-state index contributed by atoms with van der Waals surface area (Å²) in [4.78, 5) is 24.0. The van der Waals surface area contributed by atoms with Gasteiger partial charge in [-0.15, -0.1) is 11.3 Å². The minimum Gasteiger partial charge on any atom is -0.477 e. The zero-order valence-corrected chi connectivity index (χ0v) is 23.1. The summed E-state index contributed by atoms with van der Waals surface area (Å²) in [7, 11) is 0. The smallest absolute Gasteiger partial charge is 0.346 e. The van der Waals surface area contributed by atoms with Crippen LogP contribution in [-0.4, -0.2) is 56.3 Å². The van der Waals surface area contributed by atoms with Crippen molar-refractivity contribution in [3.05, 3.63) is 69.6 Å². The van der Waals surface area contributed by atoms with Crippen LogP contribution in [0.4, 0.5) is 0 Å². The van der Waals surface area contributed by atoms with Gasteiger partial charge in [-0.2, -0.15) is 0 Å². The number of halogens is 1. The third-order valence-electron chi connectivity index (χ3n) is 7.88. The summed E-state index contributed by atoms with van der Waals surface area (Å²) in [6.45, 7) is 0.994. The van der Waals surface area contributed by atoms with Crippen molar-refractivity contribution < 1.29 is 28.2 Å². The molecule has 2 fully saturated rings. The van der Waals surface area contributed by atoms with Crippen LogP contribution in [-0.2, 0) is 23.6 Å². The summed E-state index contributed by atoms with van der Waals surface area (Å²) in [6.07, 6.45) is 4.15. The van der Waals surface area contributed by atoms with Gasteiger partial charge in [0.05, 0.1) is 29.7 Å². The van der Waals surface area contributed by atoms with Crippen LogP contribution < -0.4 is 9.47 Å². The molecule has 0 aliphatic carbocycles. The Balaban J connectivity index is 1.09. The zero-order chi connectivity index (χ0) is 29.9. The van der Waals surface area contributed by atoms with Gasteiger partial charge in [-0.05, 0) is 62.5 Å². The SMILES string of the molecule is [2H]C([2H])([2H])[C@]1(c2ccc(Cl)cn2)Oc2cccc(C3CCN(Cc4nc5sc(C(=O)O)cc5n4C[C@@H]4CCO4)CC3)c2O1. The molecule has 2 saturated heterocycles. The van der Waals surface area contributed by atoms with Crippen molar-refractivity contribution in [1.29, 1.82) is 0 Å². The number of imidazole rings is 1. The van der Waals surface area contributed by atoms with E-state index in [4.69, 9.17) is 34.9 Å². The van der Waals surface area contributed by atoms with Gasteiger partial charge in [0.1, 0.15) is 21.2 Å². The van der Waals surface area contributed by atoms with E-state index < -0.39 is 18.6 Å². The standard InChI is InChI=1S/C29H29ClN4O5S/c1-29(24-6-5-18(30)14-31-24)38-22-4-2-3-20(26(22)39-29)17-7-10-33(11-8-17)16-25-32-27-21(13-23(40-27)28(35)36)34(25)15-19-9-12-37-19/h2-6,13-14,17,19H,7-12,15-16H2,1H3,(H,35,36)/t19-,29-/m0/s1/i1D3. The molecule has 0 bridgehead atoms. The molecule has 0 unspecified atom stereocenters. The first-order chi connectivity index (χ1) is 20.6. The Hall–Kier alpha value is -3.18. The van der Waals surface area contributed by atoms with Crippen molar-refractivity contribution in [3.63, 3.8) is 0 Å². The average Bonchev–Trinajstić information content (AvgIpc) is 3.63. The number of benzene rings is 1. The topological polar surface area (TPSA) is 98.9 Å². The fourth-order valence-electron chi connectivity index (χ4n) is 5.66. The summed E-state index contributed by atoms with van der Waals surface area (Å²) in [6, 6.07) is 10.4. The van der Waals surface area contributed by atoms with Gasteiger partial charge in [0, 0.05) is 29.3 Å². The maximum absolute atomic E-state index is 11.5. The number of aromatic carboxylic acids is 1. The highest BCUT2D eigenvalue weighted by atomic mass is 35.5. The van der Waals surface area contributed by atoms with Crippen LogP contribution >= 0.6 is 22.9 Å². The van der Waals surface area contributed by atoms with Crippen molar-refractivity contribution in [1.82, 2.24) is 19.4 Å². The Morgan fingerprint density at radius 3 is 2.80 bits per heavy atom. The normalized spacial score (nSPS) is 24.4. The van der Waals surface area contributed by atoms with Crippen molar-refractivity contribution in [2.24, 2.45) is 0 Å².